The van der Waals surface area contributed by atoms with Crippen LogP contribution in [0, 0.1) is 0 Å². The predicted octanol–water partition coefficient (Wildman–Crippen LogP) is 0.878. The molecule has 0 aliphatic carbocycles. The van der Waals surface area contributed by atoms with E-state index in [9.17, 15) is 9.59 Å². The van der Waals surface area contributed by atoms with Crippen LogP contribution in [0.25, 0.3) is 0 Å². The first kappa shape index (κ1) is 12.6. The first-order valence-corrected chi connectivity index (χ1v) is 5.92. The number of carbonyl (C=O) groups excluding carboxylic acids is 1. The van der Waals surface area contributed by atoms with E-state index in [1.165, 1.54) is 0 Å². The van der Waals surface area contributed by atoms with Crippen molar-refractivity contribution in [2.75, 3.05) is 6.54 Å². The Balaban J connectivity index is 1.95. The molecule has 2 rings (SSSR count). The van der Waals surface area contributed by atoms with E-state index >= 15 is 0 Å². The summed E-state index contributed by atoms with van der Waals surface area (Å²) in [5.41, 5.74) is 6.84. The average Bonchev–Trinajstić information content (AvgIpc) is 2.27. The average molecular weight is 248 g/mol. The van der Waals surface area contributed by atoms with Gasteiger partial charge in [0.1, 0.15) is 0 Å². The van der Waals surface area contributed by atoms with Gasteiger partial charge < -0.3 is 10.8 Å². The summed E-state index contributed by atoms with van der Waals surface area (Å²) in [4.78, 5) is 24.0. The summed E-state index contributed by atoms with van der Waals surface area (Å²) in [5, 5.41) is 8.86. The van der Waals surface area contributed by atoms with Crippen LogP contribution in [-0.4, -0.2) is 40.5 Å². The van der Waals surface area contributed by atoms with E-state index < -0.39 is 18.2 Å². The van der Waals surface area contributed by atoms with Crippen molar-refractivity contribution in [1.82, 2.24) is 4.90 Å². The van der Waals surface area contributed by atoms with E-state index in [0.29, 0.717) is 19.4 Å². The molecule has 0 radical (unpaired) electrons. The van der Waals surface area contributed by atoms with Crippen molar-refractivity contribution in [2.45, 2.75) is 24.9 Å². The minimum Gasteiger partial charge on any atom is -0.465 e. The maximum Gasteiger partial charge on any atom is 0.407 e. The number of amides is 1. The lowest BCUT2D eigenvalue weighted by atomic mass is 9.92. The summed E-state index contributed by atoms with van der Waals surface area (Å²) in [6.45, 7) is 0.420. The minimum absolute atomic E-state index is 0.187. The Kier molecular flexibility index (Phi) is 3.62. The molecule has 0 aromatic heterocycles. The molecule has 1 aromatic carbocycles. The Labute approximate surface area is 105 Å². The summed E-state index contributed by atoms with van der Waals surface area (Å²) < 4.78 is 0. The van der Waals surface area contributed by atoms with Crippen LogP contribution in [0.3, 0.4) is 0 Å². The fourth-order valence-corrected chi connectivity index (χ4v) is 2.13. The Morgan fingerprint density at radius 1 is 1.39 bits per heavy atom. The standard InChI is InChI=1S/C13H16N2O3/c14-10(8-9-4-2-1-3-5-9)12(16)11-6-7-15(11)13(17)18/h1-5,10-11H,6-8,14H2,(H,17,18). The lowest BCUT2D eigenvalue weighted by molar-refractivity contribution is -0.128. The van der Waals surface area contributed by atoms with Gasteiger partial charge in [-0.3, -0.25) is 9.69 Å². The number of ketones is 1. The van der Waals surface area contributed by atoms with Crippen molar-refractivity contribution >= 4 is 11.9 Å². The monoisotopic (exact) mass is 248 g/mol. The quantitative estimate of drug-likeness (QED) is 0.828. The van der Waals surface area contributed by atoms with Gasteiger partial charge in [0.25, 0.3) is 0 Å². The second-order valence-electron chi connectivity index (χ2n) is 4.48. The highest BCUT2D eigenvalue weighted by molar-refractivity contribution is 5.92. The van der Waals surface area contributed by atoms with Crippen molar-refractivity contribution in [3.05, 3.63) is 35.9 Å². The van der Waals surface area contributed by atoms with Gasteiger partial charge in [0, 0.05) is 6.54 Å². The topological polar surface area (TPSA) is 83.6 Å². The van der Waals surface area contributed by atoms with Gasteiger partial charge in [-0.25, -0.2) is 4.79 Å². The molecule has 2 unspecified atom stereocenters. The highest BCUT2D eigenvalue weighted by atomic mass is 16.4. The molecule has 1 saturated heterocycles. The molecule has 1 fully saturated rings. The summed E-state index contributed by atoms with van der Waals surface area (Å²) in [6, 6.07) is 8.29. The van der Waals surface area contributed by atoms with E-state index in [1.54, 1.807) is 0 Å². The molecule has 1 aliphatic rings. The second kappa shape index (κ2) is 5.18. The number of hydrogen-bond acceptors (Lipinski definition) is 3. The zero-order chi connectivity index (χ0) is 13.1. The van der Waals surface area contributed by atoms with Crippen molar-refractivity contribution in [1.29, 1.82) is 0 Å². The fourth-order valence-electron chi connectivity index (χ4n) is 2.13. The Bertz CT molecular complexity index is 447. The molecule has 1 amide bonds. The molecule has 1 aromatic rings. The molecule has 0 saturated carbocycles. The molecule has 2 atom stereocenters. The maximum atomic E-state index is 12.0. The SMILES string of the molecule is NC(Cc1ccccc1)C(=O)C1CCN1C(=O)O. The van der Waals surface area contributed by atoms with E-state index in [0.717, 1.165) is 10.5 Å². The van der Waals surface area contributed by atoms with Crippen molar-refractivity contribution in [3.63, 3.8) is 0 Å². The molecule has 96 valence electrons. The first-order chi connectivity index (χ1) is 8.59. The van der Waals surface area contributed by atoms with Gasteiger partial charge in [-0.1, -0.05) is 30.3 Å². The maximum absolute atomic E-state index is 12.0. The number of Topliss-reactive ketones (excluding diaryl/α,β-unsaturated/α-hetero) is 1. The van der Waals surface area contributed by atoms with Crippen LogP contribution < -0.4 is 5.73 Å². The predicted molar refractivity (Wildman–Crippen MR) is 66.3 cm³/mol. The number of carbonyl (C=O) groups is 2. The number of rotatable bonds is 4. The molecule has 3 N–H and O–H groups in total. The third-order valence-electron chi connectivity index (χ3n) is 3.26. The van der Waals surface area contributed by atoms with Crippen molar-refractivity contribution < 1.29 is 14.7 Å². The van der Waals surface area contributed by atoms with Crippen LogP contribution in [0.1, 0.15) is 12.0 Å². The lowest BCUT2D eigenvalue weighted by Crippen LogP contribution is -2.58. The summed E-state index contributed by atoms with van der Waals surface area (Å²) in [7, 11) is 0. The summed E-state index contributed by atoms with van der Waals surface area (Å²) in [6.07, 6.45) is -0.0245. The molecule has 5 nitrogen and oxygen atoms in total. The molecule has 5 heteroatoms. The third-order valence-corrected chi connectivity index (χ3v) is 3.26. The van der Waals surface area contributed by atoms with Crippen molar-refractivity contribution in [3.8, 4) is 0 Å². The Hall–Kier alpha value is -1.88. The smallest absolute Gasteiger partial charge is 0.407 e. The van der Waals surface area contributed by atoms with Gasteiger partial charge in [0.05, 0.1) is 12.1 Å². The fraction of sp³-hybridized carbons (Fsp3) is 0.385. The number of nitrogens with two attached hydrogens (primary N) is 1. The van der Waals surface area contributed by atoms with E-state index in [-0.39, 0.29) is 5.78 Å². The van der Waals surface area contributed by atoms with Crippen LogP contribution in [0.2, 0.25) is 0 Å². The number of benzene rings is 1. The van der Waals surface area contributed by atoms with Crippen LogP contribution in [0.4, 0.5) is 4.79 Å². The first-order valence-electron chi connectivity index (χ1n) is 5.92. The molecule has 0 spiro atoms. The number of nitrogens with zero attached hydrogens (tertiary/aromatic N) is 1. The molecule has 1 aliphatic heterocycles. The second-order valence-corrected chi connectivity index (χ2v) is 4.48. The zero-order valence-electron chi connectivity index (χ0n) is 9.95. The van der Waals surface area contributed by atoms with Crippen LogP contribution in [0.5, 0.6) is 0 Å². The molecule has 18 heavy (non-hydrogen) atoms. The van der Waals surface area contributed by atoms with Gasteiger partial charge in [0.2, 0.25) is 0 Å². The van der Waals surface area contributed by atoms with Gasteiger partial charge in [-0.05, 0) is 18.4 Å². The molecule has 1 heterocycles. The largest absolute Gasteiger partial charge is 0.465 e. The third kappa shape index (κ3) is 2.51. The Morgan fingerprint density at radius 3 is 2.56 bits per heavy atom. The van der Waals surface area contributed by atoms with E-state index in [1.807, 2.05) is 30.3 Å². The number of carboxylic acid groups (broad SMARTS) is 1. The van der Waals surface area contributed by atoms with Crippen LogP contribution >= 0.6 is 0 Å². The molecule has 0 bridgehead atoms. The van der Waals surface area contributed by atoms with Crippen LogP contribution in [0.15, 0.2) is 30.3 Å². The minimum atomic E-state index is -1.05. The summed E-state index contributed by atoms with van der Waals surface area (Å²) >= 11 is 0. The van der Waals surface area contributed by atoms with E-state index in [4.69, 9.17) is 10.8 Å². The highest BCUT2D eigenvalue weighted by Crippen LogP contribution is 2.20. The number of hydrogen-bond donors (Lipinski definition) is 2. The molecular weight excluding hydrogens is 232 g/mol. The summed E-state index contributed by atoms with van der Waals surface area (Å²) in [5.74, 6) is -0.187. The van der Waals surface area contributed by atoms with Crippen LogP contribution in [-0.2, 0) is 11.2 Å². The number of likely N-dealkylation sites (tertiary alicyclic amines) is 1. The van der Waals surface area contributed by atoms with Gasteiger partial charge >= 0.3 is 6.09 Å². The van der Waals surface area contributed by atoms with Gasteiger partial charge in [0.15, 0.2) is 5.78 Å². The van der Waals surface area contributed by atoms with E-state index in [2.05, 4.69) is 0 Å². The zero-order valence-corrected chi connectivity index (χ0v) is 9.95. The Morgan fingerprint density at radius 2 is 2.06 bits per heavy atom. The highest BCUT2D eigenvalue weighted by Gasteiger charge is 2.39. The van der Waals surface area contributed by atoms with Gasteiger partial charge in [-0.2, -0.15) is 0 Å². The molecular formula is C13H16N2O3. The lowest BCUT2D eigenvalue weighted by Gasteiger charge is -2.38. The normalized spacial score (nSPS) is 20.1. The van der Waals surface area contributed by atoms with Gasteiger partial charge in [-0.15, -0.1) is 0 Å². The van der Waals surface area contributed by atoms with Crippen molar-refractivity contribution in [2.24, 2.45) is 5.73 Å².